The summed E-state index contributed by atoms with van der Waals surface area (Å²) >= 11 is 0. The highest BCUT2D eigenvalue weighted by Gasteiger charge is 2.43. The number of carbonyl (C=O) groups excluding carboxylic acids is 1. The average Bonchev–Trinajstić information content (AvgIpc) is 1.81. The van der Waals surface area contributed by atoms with Gasteiger partial charge >= 0.3 is 11.9 Å². The average molecular weight is 130 g/mol. The summed E-state index contributed by atoms with van der Waals surface area (Å²) in [6, 6.07) is 0. The van der Waals surface area contributed by atoms with Crippen LogP contribution in [0.2, 0.25) is 0 Å². The Bertz CT molecular complexity index is 162. The third-order valence-electron chi connectivity index (χ3n) is 1.31. The van der Waals surface area contributed by atoms with E-state index < -0.39 is 24.0 Å². The lowest BCUT2D eigenvalue weighted by atomic mass is 10.00. The Hall–Kier alpha value is -1.06. The van der Waals surface area contributed by atoms with E-state index >= 15 is 0 Å². The number of rotatable bonds is 1. The molecule has 0 bridgehead atoms. The minimum atomic E-state index is -1.07. The van der Waals surface area contributed by atoms with Gasteiger partial charge < -0.3 is 9.84 Å². The smallest absolute Gasteiger partial charge is 0.345 e. The largest absolute Gasteiger partial charge is 0.478 e. The number of aliphatic carboxylic acids is 1. The first-order chi connectivity index (χ1) is 4.13. The number of esters is 1. The van der Waals surface area contributed by atoms with Crippen LogP contribution in [0, 0.1) is 5.92 Å². The molecular formula is C5H6O4. The molecule has 1 rings (SSSR count). The fraction of sp³-hybridized carbons (Fsp3) is 0.600. The van der Waals surface area contributed by atoms with Gasteiger partial charge in [-0.1, -0.05) is 0 Å². The van der Waals surface area contributed by atoms with Crippen LogP contribution < -0.4 is 0 Å². The van der Waals surface area contributed by atoms with Gasteiger partial charge in [0.2, 0.25) is 6.10 Å². The number of hydrogen-bond acceptors (Lipinski definition) is 3. The van der Waals surface area contributed by atoms with Crippen molar-refractivity contribution in [3.8, 4) is 0 Å². The molecule has 50 valence electrons. The van der Waals surface area contributed by atoms with Crippen molar-refractivity contribution in [2.24, 2.45) is 5.92 Å². The van der Waals surface area contributed by atoms with E-state index in [0.29, 0.717) is 0 Å². The van der Waals surface area contributed by atoms with Crippen molar-refractivity contribution in [2.45, 2.75) is 13.0 Å². The van der Waals surface area contributed by atoms with Crippen LogP contribution in [0.15, 0.2) is 0 Å². The molecule has 1 unspecified atom stereocenters. The molecule has 1 saturated heterocycles. The molecule has 9 heavy (non-hydrogen) atoms. The molecule has 1 aliphatic heterocycles. The highest BCUT2D eigenvalue weighted by Crippen LogP contribution is 2.20. The van der Waals surface area contributed by atoms with E-state index in [1.165, 1.54) is 6.92 Å². The predicted molar refractivity (Wildman–Crippen MR) is 26.7 cm³/mol. The van der Waals surface area contributed by atoms with Crippen LogP contribution in [0.25, 0.3) is 0 Å². The van der Waals surface area contributed by atoms with Crippen molar-refractivity contribution in [1.29, 1.82) is 0 Å². The van der Waals surface area contributed by atoms with E-state index in [9.17, 15) is 9.59 Å². The van der Waals surface area contributed by atoms with Gasteiger partial charge in [-0.3, -0.25) is 4.79 Å². The van der Waals surface area contributed by atoms with Gasteiger partial charge in [-0.2, -0.15) is 0 Å². The number of ether oxygens (including phenoxy) is 1. The lowest BCUT2D eigenvalue weighted by molar-refractivity contribution is -0.193. The Morgan fingerprint density at radius 3 is 2.44 bits per heavy atom. The highest BCUT2D eigenvalue weighted by atomic mass is 16.6. The van der Waals surface area contributed by atoms with E-state index in [0.717, 1.165) is 0 Å². The fourth-order valence-electron chi connectivity index (χ4n) is 0.650. The summed E-state index contributed by atoms with van der Waals surface area (Å²) in [5, 5.41) is 8.24. The molecule has 1 N–H and O–H groups in total. The summed E-state index contributed by atoms with van der Waals surface area (Å²) in [6.45, 7) is 1.53. The second-order valence-corrected chi connectivity index (χ2v) is 1.98. The molecule has 0 aromatic carbocycles. The maximum absolute atomic E-state index is 10.3. The maximum atomic E-state index is 10.3. The SMILES string of the molecule is C[C@@H]1C(=O)OC1C(=O)O. The number of cyclic esters (lactones) is 1. The van der Waals surface area contributed by atoms with E-state index in [2.05, 4.69) is 4.74 Å². The minimum absolute atomic E-state index is 0.428. The van der Waals surface area contributed by atoms with Gasteiger partial charge in [0.15, 0.2) is 0 Å². The quantitative estimate of drug-likeness (QED) is 0.492. The topological polar surface area (TPSA) is 63.6 Å². The fourth-order valence-corrected chi connectivity index (χ4v) is 0.650. The third kappa shape index (κ3) is 0.759. The summed E-state index contributed by atoms with van der Waals surface area (Å²) in [7, 11) is 0. The molecule has 2 atom stereocenters. The number of carboxylic acid groups (broad SMARTS) is 1. The molecule has 0 aliphatic carbocycles. The Morgan fingerprint density at radius 1 is 1.78 bits per heavy atom. The molecule has 0 amide bonds. The second kappa shape index (κ2) is 1.72. The standard InChI is InChI=1S/C5H6O4/c1-2-3(4(6)7)9-5(2)8/h2-3H,1H3,(H,6,7)/t2-,3?/m0/s1. The van der Waals surface area contributed by atoms with Crippen molar-refractivity contribution in [2.75, 3.05) is 0 Å². The Balaban J connectivity index is 2.51. The summed E-state index contributed by atoms with van der Waals surface area (Å²) < 4.78 is 4.27. The summed E-state index contributed by atoms with van der Waals surface area (Å²) in [5.74, 6) is -1.97. The van der Waals surface area contributed by atoms with Gasteiger partial charge in [0.05, 0.1) is 0 Å². The molecule has 0 spiro atoms. The normalized spacial score (nSPS) is 32.8. The number of hydrogen-bond donors (Lipinski definition) is 1. The van der Waals surface area contributed by atoms with Gasteiger partial charge in [-0.15, -0.1) is 0 Å². The molecule has 0 aromatic heterocycles. The lowest BCUT2D eigenvalue weighted by Gasteiger charge is -2.28. The predicted octanol–water partition coefficient (Wildman–Crippen LogP) is -0.367. The zero-order valence-electron chi connectivity index (χ0n) is 4.83. The number of carbonyl (C=O) groups is 2. The Morgan fingerprint density at radius 2 is 2.33 bits per heavy atom. The van der Waals surface area contributed by atoms with Crippen molar-refractivity contribution < 1.29 is 19.4 Å². The first-order valence-corrected chi connectivity index (χ1v) is 2.56. The Kier molecular flexibility index (Phi) is 1.16. The van der Waals surface area contributed by atoms with Gasteiger partial charge in [-0.25, -0.2) is 4.79 Å². The zero-order chi connectivity index (χ0) is 7.02. The second-order valence-electron chi connectivity index (χ2n) is 1.98. The molecular weight excluding hydrogens is 124 g/mol. The molecule has 0 aromatic rings. The molecule has 4 heteroatoms. The van der Waals surface area contributed by atoms with E-state index in [1.54, 1.807) is 0 Å². The molecule has 0 saturated carbocycles. The van der Waals surface area contributed by atoms with Crippen LogP contribution in [0.5, 0.6) is 0 Å². The van der Waals surface area contributed by atoms with E-state index in [-0.39, 0.29) is 0 Å². The van der Waals surface area contributed by atoms with Crippen molar-refractivity contribution in [3.63, 3.8) is 0 Å². The summed E-state index contributed by atoms with van der Waals surface area (Å²) in [4.78, 5) is 20.3. The summed E-state index contributed by atoms with van der Waals surface area (Å²) in [6.07, 6.45) is -0.905. The highest BCUT2D eigenvalue weighted by molar-refractivity contribution is 5.90. The zero-order valence-corrected chi connectivity index (χ0v) is 4.83. The van der Waals surface area contributed by atoms with Crippen LogP contribution in [-0.4, -0.2) is 23.1 Å². The maximum Gasteiger partial charge on any atom is 0.345 e. The van der Waals surface area contributed by atoms with Crippen LogP contribution >= 0.6 is 0 Å². The van der Waals surface area contributed by atoms with Crippen LogP contribution in [0.4, 0.5) is 0 Å². The molecule has 0 radical (unpaired) electrons. The van der Waals surface area contributed by atoms with Crippen LogP contribution in [0.3, 0.4) is 0 Å². The lowest BCUT2D eigenvalue weighted by Crippen LogP contribution is -2.48. The monoisotopic (exact) mass is 130 g/mol. The molecule has 1 fully saturated rings. The van der Waals surface area contributed by atoms with E-state index in [4.69, 9.17) is 5.11 Å². The van der Waals surface area contributed by atoms with Crippen molar-refractivity contribution in [3.05, 3.63) is 0 Å². The van der Waals surface area contributed by atoms with Crippen LogP contribution in [-0.2, 0) is 14.3 Å². The molecule has 4 nitrogen and oxygen atoms in total. The summed E-state index contributed by atoms with van der Waals surface area (Å²) in [5.41, 5.74) is 0. The third-order valence-corrected chi connectivity index (χ3v) is 1.31. The molecule has 1 heterocycles. The van der Waals surface area contributed by atoms with Gasteiger partial charge in [0.25, 0.3) is 0 Å². The minimum Gasteiger partial charge on any atom is -0.478 e. The molecule has 1 aliphatic rings. The first-order valence-electron chi connectivity index (χ1n) is 2.56. The Labute approximate surface area is 51.4 Å². The van der Waals surface area contributed by atoms with Crippen molar-refractivity contribution >= 4 is 11.9 Å². The first kappa shape index (κ1) is 6.07. The van der Waals surface area contributed by atoms with Crippen molar-refractivity contribution in [1.82, 2.24) is 0 Å². The van der Waals surface area contributed by atoms with E-state index in [1.807, 2.05) is 0 Å². The van der Waals surface area contributed by atoms with Gasteiger partial charge in [-0.05, 0) is 6.92 Å². The number of carboxylic acids is 1. The van der Waals surface area contributed by atoms with Gasteiger partial charge in [0.1, 0.15) is 5.92 Å². The van der Waals surface area contributed by atoms with Gasteiger partial charge in [0, 0.05) is 0 Å². The van der Waals surface area contributed by atoms with Crippen LogP contribution in [0.1, 0.15) is 6.92 Å².